The lowest BCUT2D eigenvalue weighted by Gasteiger charge is -2.23. The molecule has 0 bridgehead atoms. The first-order chi connectivity index (χ1) is 7.48. The van der Waals surface area contributed by atoms with Gasteiger partial charge in [0.2, 0.25) is 0 Å². The van der Waals surface area contributed by atoms with Crippen LogP contribution in [0, 0.1) is 18.3 Å². The number of nitrogens with zero attached hydrogens (tertiary/aromatic N) is 1. The van der Waals surface area contributed by atoms with Gasteiger partial charge in [-0.3, -0.25) is 0 Å². The standard InChI is InChI=1S/C14H19NS/c1-10(2)9-14(4)7-5-12-13(6-8-14)16-11(3)15-12/h5-8,10H,9H2,1-4H3. The van der Waals surface area contributed by atoms with Crippen LogP contribution in [0.5, 0.6) is 0 Å². The Labute approximate surface area is 102 Å². The highest BCUT2D eigenvalue weighted by Crippen LogP contribution is 2.35. The molecule has 0 amide bonds. The van der Waals surface area contributed by atoms with E-state index in [-0.39, 0.29) is 5.41 Å². The Balaban J connectivity index is 2.30. The summed E-state index contributed by atoms with van der Waals surface area (Å²) in [4.78, 5) is 5.83. The molecule has 0 radical (unpaired) electrons. The summed E-state index contributed by atoms with van der Waals surface area (Å²) >= 11 is 1.77. The molecule has 86 valence electrons. The van der Waals surface area contributed by atoms with Crippen LogP contribution in [0.1, 0.15) is 42.8 Å². The second-order valence-corrected chi connectivity index (χ2v) is 6.49. The average Bonchev–Trinajstić information content (AvgIpc) is 2.46. The van der Waals surface area contributed by atoms with E-state index in [1.807, 2.05) is 0 Å². The highest BCUT2D eigenvalue weighted by atomic mass is 32.1. The van der Waals surface area contributed by atoms with Crippen molar-refractivity contribution >= 4 is 23.5 Å². The fourth-order valence-electron chi connectivity index (χ4n) is 2.30. The third-order valence-electron chi connectivity index (χ3n) is 2.87. The molecule has 1 heterocycles. The van der Waals surface area contributed by atoms with Gasteiger partial charge in [-0.2, -0.15) is 0 Å². The van der Waals surface area contributed by atoms with Crippen LogP contribution in [0.3, 0.4) is 0 Å². The van der Waals surface area contributed by atoms with E-state index >= 15 is 0 Å². The summed E-state index contributed by atoms with van der Waals surface area (Å²) in [7, 11) is 0. The molecule has 0 aromatic carbocycles. The molecule has 0 fully saturated rings. The molecule has 1 unspecified atom stereocenters. The van der Waals surface area contributed by atoms with E-state index in [1.54, 1.807) is 11.3 Å². The molecular formula is C14H19NS. The van der Waals surface area contributed by atoms with E-state index in [1.165, 1.54) is 11.3 Å². The summed E-state index contributed by atoms with van der Waals surface area (Å²) in [5.41, 5.74) is 1.31. The van der Waals surface area contributed by atoms with E-state index in [2.05, 4.69) is 57.0 Å². The molecule has 0 aliphatic heterocycles. The molecule has 2 rings (SSSR count). The Morgan fingerprint density at radius 2 is 2.00 bits per heavy atom. The first-order valence-corrected chi connectivity index (χ1v) is 6.66. The molecule has 16 heavy (non-hydrogen) atoms. The van der Waals surface area contributed by atoms with Crippen molar-refractivity contribution in [3.63, 3.8) is 0 Å². The Morgan fingerprint density at radius 3 is 2.69 bits per heavy atom. The van der Waals surface area contributed by atoms with Gasteiger partial charge in [0.05, 0.1) is 15.6 Å². The number of thiazole rings is 1. The molecule has 1 aromatic rings. The second-order valence-electron chi connectivity index (χ2n) is 5.25. The van der Waals surface area contributed by atoms with Crippen molar-refractivity contribution in [2.75, 3.05) is 0 Å². The Bertz CT molecular complexity index is 406. The fraction of sp³-hybridized carbons (Fsp3) is 0.500. The summed E-state index contributed by atoms with van der Waals surface area (Å²) in [5, 5.41) is 1.15. The lowest BCUT2D eigenvalue weighted by atomic mass is 9.82. The molecule has 1 aromatic heterocycles. The molecule has 0 saturated heterocycles. The minimum Gasteiger partial charge on any atom is -0.242 e. The molecule has 0 saturated carbocycles. The van der Waals surface area contributed by atoms with Gasteiger partial charge < -0.3 is 0 Å². The lowest BCUT2D eigenvalue weighted by molar-refractivity contribution is 0.413. The minimum atomic E-state index is 0.183. The van der Waals surface area contributed by atoms with Gasteiger partial charge in [-0.25, -0.2) is 4.98 Å². The van der Waals surface area contributed by atoms with Crippen molar-refractivity contribution in [2.45, 2.75) is 34.1 Å². The fourth-order valence-corrected chi connectivity index (χ4v) is 3.12. The zero-order valence-electron chi connectivity index (χ0n) is 10.4. The van der Waals surface area contributed by atoms with Crippen molar-refractivity contribution < 1.29 is 0 Å². The average molecular weight is 233 g/mol. The first-order valence-electron chi connectivity index (χ1n) is 5.84. The van der Waals surface area contributed by atoms with Crippen LogP contribution in [0.15, 0.2) is 12.2 Å². The van der Waals surface area contributed by atoms with Crippen LogP contribution in [0.25, 0.3) is 12.2 Å². The van der Waals surface area contributed by atoms with Gasteiger partial charge in [0.15, 0.2) is 0 Å². The maximum Gasteiger partial charge on any atom is 0.0907 e. The number of hydrogen-bond acceptors (Lipinski definition) is 2. The number of allylic oxidation sites excluding steroid dienone is 2. The van der Waals surface area contributed by atoms with Crippen molar-refractivity contribution in [1.29, 1.82) is 0 Å². The molecule has 1 aliphatic carbocycles. The Hall–Kier alpha value is -0.890. The number of fused-ring (bicyclic) bond motifs is 1. The molecule has 0 spiro atoms. The predicted octanol–water partition coefficient (Wildman–Crippen LogP) is 4.54. The van der Waals surface area contributed by atoms with Crippen LogP contribution in [0.2, 0.25) is 0 Å². The molecule has 2 heteroatoms. The van der Waals surface area contributed by atoms with E-state index in [9.17, 15) is 0 Å². The summed E-state index contributed by atoms with van der Waals surface area (Å²) in [6.07, 6.45) is 10.2. The van der Waals surface area contributed by atoms with E-state index in [4.69, 9.17) is 0 Å². The summed E-state index contributed by atoms with van der Waals surface area (Å²) in [6.45, 7) is 8.91. The Kier molecular flexibility index (Phi) is 3.02. The molecule has 1 aliphatic rings. The quantitative estimate of drug-likeness (QED) is 0.730. The Morgan fingerprint density at radius 1 is 1.31 bits per heavy atom. The van der Waals surface area contributed by atoms with Crippen LogP contribution >= 0.6 is 11.3 Å². The van der Waals surface area contributed by atoms with E-state index in [0.717, 1.165) is 10.7 Å². The number of aryl methyl sites for hydroxylation is 1. The summed E-state index contributed by atoms with van der Waals surface area (Å²) < 4.78 is 0. The van der Waals surface area contributed by atoms with E-state index in [0.29, 0.717) is 5.92 Å². The van der Waals surface area contributed by atoms with Gasteiger partial charge in [-0.15, -0.1) is 11.3 Å². The maximum absolute atomic E-state index is 4.54. The lowest BCUT2D eigenvalue weighted by Crippen LogP contribution is -2.12. The summed E-state index contributed by atoms with van der Waals surface area (Å²) in [6, 6.07) is 0. The molecular weight excluding hydrogens is 214 g/mol. The highest BCUT2D eigenvalue weighted by molar-refractivity contribution is 7.12. The third kappa shape index (κ3) is 2.43. The normalized spacial score (nSPS) is 23.6. The van der Waals surface area contributed by atoms with Crippen molar-refractivity contribution in [2.24, 2.45) is 11.3 Å². The van der Waals surface area contributed by atoms with Gasteiger partial charge >= 0.3 is 0 Å². The minimum absolute atomic E-state index is 0.183. The topological polar surface area (TPSA) is 12.9 Å². The van der Waals surface area contributed by atoms with Gasteiger partial charge in [-0.05, 0) is 31.4 Å². The third-order valence-corrected chi connectivity index (χ3v) is 3.83. The largest absolute Gasteiger partial charge is 0.242 e. The molecule has 1 atom stereocenters. The first kappa shape index (κ1) is 11.6. The number of hydrogen-bond donors (Lipinski definition) is 0. The zero-order valence-corrected chi connectivity index (χ0v) is 11.3. The second kappa shape index (κ2) is 4.17. The van der Waals surface area contributed by atoms with E-state index < -0.39 is 0 Å². The monoisotopic (exact) mass is 233 g/mol. The zero-order chi connectivity index (χ0) is 11.8. The van der Waals surface area contributed by atoms with Gasteiger partial charge in [0.1, 0.15) is 0 Å². The van der Waals surface area contributed by atoms with Crippen molar-refractivity contribution in [3.05, 3.63) is 27.7 Å². The smallest absolute Gasteiger partial charge is 0.0907 e. The molecule has 0 N–H and O–H groups in total. The maximum atomic E-state index is 4.54. The van der Waals surface area contributed by atoms with Crippen LogP contribution in [-0.2, 0) is 0 Å². The van der Waals surface area contributed by atoms with Crippen molar-refractivity contribution in [3.8, 4) is 0 Å². The number of rotatable bonds is 2. The van der Waals surface area contributed by atoms with Gasteiger partial charge in [0.25, 0.3) is 0 Å². The van der Waals surface area contributed by atoms with Crippen LogP contribution in [-0.4, -0.2) is 4.98 Å². The molecule has 1 nitrogen and oxygen atoms in total. The van der Waals surface area contributed by atoms with Crippen molar-refractivity contribution in [1.82, 2.24) is 4.98 Å². The van der Waals surface area contributed by atoms with Gasteiger partial charge in [0, 0.05) is 5.41 Å². The van der Waals surface area contributed by atoms with Crippen LogP contribution in [0.4, 0.5) is 0 Å². The highest BCUT2D eigenvalue weighted by Gasteiger charge is 2.21. The van der Waals surface area contributed by atoms with Crippen LogP contribution < -0.4 is 0 Å². The number of aromatic nitrogens is 1. The SMILES string of the molecule is Cc1nc2c(s1)C=CC(C)(CC(C)C)C=C2. The van der Waals surface area contributed by atoms with Gasteiger partial charge in [-0.1, -0.05) is 32.9 Å². The predicted molar refractivity (Wildman–Crippen MR) is 72.5 cm³/mol. The summed E-state index contributed by atoms with van der Waals surface area (Å²) in [5.74, 6) is 0.713.